The van der Waals surface area contributed by atoms with Crippen LogP contribution in [0.25, 0.3) is 0 Å². The van der Waals surface area contributed by atoms with Gasteiger partial charge in [0.25, 0.3) is 0 Å². The van der Waals surface area contributed by atoms with Crippen LogP contribution in [0.3, 0.4) is 0 Å². The van der Waals surface area contributed by atoms with Crippen LogP contribution in [-0.4, -0.2) is 60.8 Å². The van der Waals surface area contributed by atoms with E-state index in [1.165, 1.54) is 0 Å². The van der Waals surface area contributed by atoms with Gasteiger partial charge in [-0.05, 0) is 12.8 Å². The summed E-state index contributed by atoms with van der Waals surface area (Å²) in [7, 11) is 1.60. The lowest BCUT2D eigenvalue weighted by Crippen LogP contribution is -2.52. The van der Waals surface area contributed by atoms with Crippen molar-refractivity contribution in [1.82, 2.24) is 10.2 Å². The molecular weight excluding hydrogens is 266 g/mol. The molecule has 20 heavy (non-hydrogen) atoms. The first-order valence-corrected chi connectivity index (χ1v) is 6.49. The molecule has 0 aromatic heterocycles. The summed E-state index contributed by atoms with van der Waals surface area (Å²) in [5, 5.41) is 11.3. The molecule has 1 aliphatic heterocycles. The molecule has 1 rings (SSSR count). The highest BCUT2D eigenvalue weighted by Gasteiger charge is 2.28. The molecule has 0 spiro atoms. The van der Waals surface area contributed by atoms with E-state index in [4.69, 9.17) is 15.6 Å². The number of hydrogen-bond donors (Lipinski definition) is 3. The molecule has 3 amide bonds. The minimum Gasteiger partial charge on any atom is -0.480 e. The molecule has 2 atom stereocenters. The number of urea groups is 1. The summed E-state index contributed by atoms with van der Waals surface area (Å²) >= 11 is 0. The molecule has 0 radical (unpaired) electrons. The van der Waals surface area contributed by atoms with Gasteiger partial charge in [0, 0.05) is 26.1 Å². The lowest BCUT2D eigenvalue weighted by Gasteiger charge is -2.33. The average Bonchev–Trinajstić information content (AvgIpc) is 2.38. The Morgan fingerprint density at radius 3 is 2.75 bits per heavy atom. The van der Waals surface area contributed by atoms with E-state index in [9.17, 15) is 14.4 Å². The molecule has 1 saturated heterocycles. The molecule has 8 heteroatoms. The van der Waals surface area contributed by atoms with E-state index >= 15 is 0 Å². The number of hydrogen-bond acceptors (Lipinski definition) is 4. The molecule has 0 saturated carbocycles. The number of aliphatic carboxylic acids is 1. The molecule has 1 fully saturated rings. The number of rotatable bonds is 6. The van der Waals surface area contributed by atoms with Gasteiger partial charge in [-0.1, -0.05) is 0 Å². The second-order valence-electron chi connectivity index (χ2n) is 4.92. The van der Waals surface area contributed by atoms with Gasteiger partial charge < -0.3 is 25.8 Å². The van der Waals surface area contributed by atoms with Gasteiger partial charge in [0.1, 0.15) is 6.04 Å². The zero-order valence-corrected chi connectivity index (χ0v) is 11.5. The van der Waals surface area contributed by atoms with Crippen LogP contribution >= 0.6 is 0 Å². The van der Waals surface area contributed by atoms with Crippen LogP contribution in [0.15, 0.2) is 0 Å². The number of methoxy groups -OCH3 is 1. The van der Waals surface area contributed by atoms with Crippen molar-refractivity contribution in [2.75, 3.05) is 26.8 Å². The first-order valence-electron chi connectivity index (χ1n) is 6.49. The molecule has 0 bridgehead atoms. The molecular formula is C12H21N3O5. The van der Waals surface area contributed by atoms with Gasteiger partial charge in [-0.25, -0.2) is 9.59 Å². The quantitative estimate of drug-likeness (QED) is 0.601. The second kappa shape index (κ2) is 7.68. The maximum absolute atomic E-state index is 12.0. The van der Waals surface area contributed by atoms with Gasteiger partial charge in [-0.2, -0.15) is 0 Å². The minimum atomic E-state index is -1.29. The number of amides is 3. The van der Waals surface area contributed by atoms with E-state index in [0.29, 0.717) is 19.7 Å². The monoisotopic (exact) mass is 287 g/mol. The summed E-state index contributed by atoms with van der Waals surface area (Å²) in [5.74, 6) is -1.80. The van der Waals surface area contributed by atoms with Crippen molar-refractivity contribution in [3.8, 4) is 0 Å². The van der Waals surface area contributed by atoms with Gasteiger partial charge in [0.2, 0.25) is 5.91 Å². The van der Waals surface area contributed by atoms with Crippen molar-refractivity contribution < 1.29 is 24.2 Å². The van der Waals surface area contributed by atoms with Crippen molar-refractivity contribution in [1.29, 1.82) is 0 Å². The number of carboxylic acid groups (broad SMARTS) is 1. The number of nitrogens with zero attached hydrogens (tertiary/aromatic N) is 1. The highest BCUT2D eigenvalue weighted by Crippen LogP contribution is 2.16. The Labute approximate surface area is 117 Å². The van der Waals surface area contributed by atoms with E-state index < -0.39 is 30.4 Å². The Morgan fingerprint density at radius 2 is 2.20 bits per heavy atom. The Hall–Kier alpha value is -1.83. The van der Waals surface area contributed by atoms with Crippen molar-refractivity contribution in [2.24, 2.45) is 11.7 Å². The number of ether oxygens (including phenoxy) is 1. The van der Waals surface area contributed by atoms with Crippen LogP contribution in [0.4, 0.5) is 4.79 Å². The zero-order valence-electron chi connectivity index (χ0n) is 11.5. The molecule has 2 unspecified atom stereocenters. The Kier molecular flexibility index (Phi) is 6.23. The highest BCUT2D eigenvalue weighted by molar-refractivity contribution is 5.87. The summed E-state index contributed by atoms with van der Waals surface area (Å²) in [6.45, 7) is 1.64. The first-order chi connectivity index (χ1) is 9.43. The SMILES string of the molecule is COCC1CCCN(C(=O)NC(CC(N)=O)C(=O)O)C1. The van der Waals surface area contributed by atoms with Crippen LogP contribution in [0.2, 0.25) is 0 Å². The van der Waals surface area contributed by atoms with Crippen LogP contribution < -0.4 is 11.1 Å². The van der Waals surface area contributed by atoms with Crippen LogP contribution in [0, 0.1) is 5.92 Å². The molecule has 8 nitrogen and oxygen atoms in total. The van der Waals surface area contributed by atoms with Crippen LogP contribution in [-0.2, 0) is 14.3 Å². The van der Waals surface area contributed by atoms with Crippen molar-refractivity contribution >= 4 is 17.9 Å². The zero-order chi connectivity index (χ0) is 15.1. The standard InChI is InChI=1S/C12H21N3O5/c1-20-7-8-3-2-4-15(6-8)12(19)14-9(11(17)18)5-10(13)16/h8-9H,2-7H2,1H3,(H2,13,16)(H,14,19)(H,17,18). The van der Waals surface area contributed by atoms with Gasteiger partial charge in [-0.3, -0.25) is 4.79 Å². The van der Waals surface area contributed by atoms with Gasteiger partial charge in [0.15, 0.2) is 0 Å². The van der Waals surface area contributed by atoms with Crippen LogP contribution in [0.1, 0.15) is 19.3 Å². The fraction of sp³-hybridized carbons (Fsp3) is 0.750. The van der Waals surface area contributed by atoms with Gasteiger partial charge >= 0.3 is 12.0 Å². The van der Waals surface area contributed by atoms with Gasteiger partial charge in [0.05, 0.1) is 13.0 Å². The third-order valence-electron chi connectivity index (χ3n) is 3.21. The molecule has 0 aliphatic carbocycles. The smallest absolute Gasteiger partial charge is 0.326 e. The fourth-order valence-electron chi connectivity index (χ4n) is 2.26. The molecule has 4 N–H and O–H groups in total. The first kappa shape index (κ1) is 16.2. The number of carbonyl (C=O) groups is 3. The van der Waals surface area contributed by atoms with Crippen LogP contribution in [0.5, 0.6) is 0 Å². The largest absolute Gasteiger partial charge is 0.480 e. The third-order valence-corrected chi connectivity index (χ3v) is 3.21. The van der Waals surface area contributed by atoms with E-state index in [-0.39, 0.29) is 5.92 Å². The molecule has 114 valence electrons. The predicted molar refractivity (Wildman–Crippen MR) is 69.9 cm³/mol. The Balaban J connectivity index is 2.55. The normalized spacial score (nSPS) is 20.2. The Morgan fingerprint density at radius 1 is 1.50 bits per heavy atom. The second-order valence-corrected chi connectivity index (χ2v) is 4.92. The minimum absolute atomic E-state index is 0.249. The highest BCUT2D eigenvalue weighted by atomic mass is 16.5. The summed E-state index contributed by atoms with van der Waals surface area (Å²) in [4.78, 5) is 35.3. The summed E-state index contributed by atoms with van der Waals surface area (Å²) in [6.07, 6.45) is 1.40. The van der Waals surface area contributed by atoms with Crippen molar-refractivity contribution in [3.05, 3.63) is 0 Å². The average molecular weight is 287 g/mol. The number of carboxylic acids is 1. The van der Waals surface area contributed by atoms with Gasteiger partial charge in [-0.15, -0.1) is 0 Å². The Bertz CT molecular complexity index is 372. The lowest BCUT2D eigenvalue weighted by molar-refractivity contribution is -0.141. The van der Waals surface area contributed by atoms with E-state index in [0.717, 1.165) is 12.8 Å². The maximum Gasteiger partial charge on any atom is 0.326 e. The van der Waals surface area contributed by atoms with Crippen molar-refractivity contribution in [2.45, 2.75) is 25.3 Å². The third kappa shape index (κ3) is 5.04. The van der Waals surface area contributed by atoms with Crippen molar-refractivity contribution in [3.63, 3.8) is 0 Å². The molecule has 0 aromatic rings. The summed E-state index contributed by atoms with van der Waals surface area (Å²) in [6, 6.07) is -1.78. The molecule has 1 aliphatic rings. The topological polar surface area (TPSA) is 122 Å². The molecule has 1 heterocycles. The number of nitrogens with one attached hydrogen (secondary N) is 1. The summed E-state index contributed by atoms with van der Waals surface area (Å²) in [5.41, 5.74) is 4.96. The summed E-state index contributed by atoms with van der Waals surface area (Å²) < 4.78 is 5.07. The maximum atomic E-state index is 12.0. The lowest BCUT2D eigenvalue weighted by atomic mass is 9.99. The number of nitrogens with two attached hydrogens (primary N) is 1. The predicted octanol–water partition coefficient (Wildman–Crippen LogP) is -0.617. The number of carbonyl (C=O) groups excluding carboxylic acids is 2. The van der Waals surface area contributed by atoms with E-state index in [1.807, 2.05) is 0 Å². The van der Waals surface area contributed by atoms with E-state index in [1.54, 1.807) is 12.0 Å². The number of primary amides is 1. The van der Waals surface area contributed by atoms with E-state index in [2.05, 4.69) is 5.32 Å². The molecule has 0 aromatic carbocycles. The number of piperidine rings is 1. The number of likely N-dealkylation sites (tertiary alicyclic amines) is 1. The fourth-order valence-corrected chi connectivity index (χ4v) is 2.26.